The van der Waals surface area contributed by atoms with E-state index in [1.807, 2.05) is 6.07 Å². The van der Waals surface area contributed by atoms with Crippen LogP contribution in [-0.2, 0) is 9.59 Å². The standard InChI is InChI=1S/C11H10N2O3/c1-7(14)13-10(15)9(12-11(13)16)8-5-3-2-4-6-8/h2-6,9H,1H3,(H,12,16). The third kappa shape index (κ3) is 1.56. The number of carbonyl (C=O) groups excluding carboxylic acids is 3. The van der Waals surface area contributed by atoms with Gasteiger partial charge in [0.1, 0.15) is 6.04 Å². The molecular weight excluding hydrogens is 208 g/mol. The highest BCUT2D eigenvalue weighted by Gasteiger charge is 2.41. The van der Waals surface area contributed by atoms with Crippen molar-refractivity contribution in [3.8, 4) is 0 Å². The van der Waals surface area contributed by atoms with Crippen LogP contribution in [0.5, 0.6) is 0 Å². The first-order valence-electron chi connectivity index (χ1n) is 4.81. The minimum atomic E-state index is -0.752. The molecule has 0 bridgehead atoms. The predicted molar refractivity (Wildman–Crippen MR) is 55.2 cm³/mol. The van der Waals surface area contributed by atoms with Crippen LogP contribution in [0.3, 0.4) is 0 Å². The van der Waals surface area contributed by atoms with Gasteiger partial charge >= 0.3 is 6.03 Å². The third-order valence-corrected chi connectivity index (χ3v) is 2.39. The fraction of sp³-hybridized carbons (Fsp3) is 0.182. The van der Waals surface area contributed by atoms with Crippen LogP contribution >= 0.6 is 0 Å². The lowest BCUT2D eigenvalue weighted by molar-refractivity contribution is -0.138. The van der Waals surface area contributed by atoms with E-state index in [-0.39, 0.29) is 0 Å². The Kier molecular flexibility index (Phi) is 2.44. The van der Waals surface area contributed by atoms with Gasteiger partial charge in [-0.1, -0.05) is 30.3 Å². The van der Waals surface area contributed by atoms with Crippen molar-refractivity contribution < 1.29 is 14.4 Å². The number of imide groups is 3. The molecule has 0 aliphatic carbocycles. The quantitative estimate of drug-likeness (QED) is 0.710. The second-order valence-corrected chi connectivity index (χ2v) is 3.49. The van der Waals surface area contributed by atoms with E-state index in [4.69, 9.17) is 0 Å². The zero-order valence-corrected chi connectivity index (χ0v) is 8.64. The molecule has 16 heavy (non-hydrogen) atoms. The number of nitrogens with one attached hydrogen (secondary N) is 1. The lowest BCUT2D eigenvalue weighted by atomic mass is 10.1. The van der Waals surface area contributed by atoms with Crippen LogP contribution in [-0.4, -0.2) is 22.7 Å². The summed E-state index contributed by atoms with van der Waals surface area (Å²) in [7, 11) is 0. The van der Waals surface area contributed by atoms with Gasteiger partial charge in [0, 0.05) is 6.92 Å². The second-order valence-electron chi connectivity index (χ2n) is 3.49. The summed E-state index contributed by atoms with van der Waals surface area (Å²) in [5.41, 5.74) is 0.671. The molecule has 1 fully saturated rings. The maximum absolute atomic E-state index is 11.8. The molecule has 1 aliphatic rings. The highest BCUT2D eigenvalue weighted by Crippen LogP contribution is 2.21. The molecule has 5 nitrogen and oxygen atoms in total. The average molecular weight is 218 g/mol. The van der Waals surface area contributed by atoms with Gasteiger partial charge in [-0.3, -0.25) is 9.59 Å². The molecule has 1 aromatic carbocycles. The van der Waals surface area contributed by atoms with E-state index in [1.165, 1.54) is 6.92 Å². The fourth-order valence-corrected chi connectivity index (χ4v) is 1.65. The molecule has 0 saturated carbocycles. The number of amides is 4. The second kappa shape index (κ2) is 3.77. The monoisotopic (exact) mass is 218 g/mol. The van der Waals surface area contributed by atoms with Gasteiger partial charge in [-0.2, -0.15) is 4.90 Å². The molecule has 5 heteroatoms. The summed E-state index contributed by atoms with van der Waals surface area (Å²) in [4.78, 5) is 34.9. The molecule has 82 valence electrons. The van der Waals surface area contributed by atoms with E-state index in [1.54, 1.807) is 24.3 Å². The minimum Gasteiger partial charge on any atom is -0.321 e. The van der Waals surface area contributed by atoms with Crippen molar-refractivity contribution in [2.45, 2.75) is 13.0 Å². The van der Waals surface area contributed by atoms with E-state index in [9.17, 15) is 14.4 Å². The summed E-state index contributed by atoms with van der Waals surface area (Å²) < 4.78 is 0. The van der Waals surface area contributed by atoms with E-state index < -0.39 is 23.9 Å². The molecule has 1 unspecified atom stereocenters. The number of hydrogen-bond donors (Lipinski definition) is 1. The van der Waals surface area contributed by atoms with Crippen molar-refractivity contribution >= 4 is 17.8 Å². The lowest BCUT2D eigenvalue weighted by Crippen LogP contribution is -2.35. The Morgan fingerprint density at radius 1 is 1.25 bits per heavy atom. The zero-order valence-electron chi connectivity index (χ0n) is 8.64. The predicted octanol–water partition coefficient (Wildman–Crippen LogP) is 0.826. The van der Waals surface area contributed by atoms with E-state index in [0.29, 0.717) is 10.5 Å². The van der Waals surface area contributed by atoms with Gasteiger partial charge in [0.2, 0.25) is 5.91 Å². The third-order valence-electron chi connectivity index (χ3n) is 2.39. The molecule has 0 spiro atoms. The molecule has 4 amide bonds. The molecule has 1 N–H and O–H groups in total. The number of rotatable bonds is 1. The van der Waals surface area contributed by atoms with Gasteiger partial charge < -0.3 is 5.32 Å². The Morgan fingerprint density at radius 2 is 1.88 bits per heavy atom. The first kappa shape index (κ1) is 10.4. The van der Waals surface area contributed by atoms with Crippen molar-refractivity contribution in [3.63, 3.8) is 0 Å². The van der Waals surface area contributed by atoms with Gasteiger partial charge in [-0.15, -0.1) is 0 Å². The van der Waals surface area contributed by atoms with Gasteiger partial charge in [-0.25, -0.2) is 4.79 Å². The van der Waals surface area contributed by atoms with E-state index in [2.05, 4.69) is 5.32 Å². The molecule has 1 aliphatic heterocycles. The van der Waals surface area contributed by atoms with Crippen LogP contribution in [0.2, 0.25) is 0 Å². The molecule has 1 atom stereocenters. The molecule has 1 aromatic rings. The van der Waals surface area contributed by atoms with Crippen LogP contribution in [0.4, 0.5) is 4.79 Å². The Hall–Kier alpha value is -2.17. The number of hydrogen-bond acceptors (Lipinski definition) is 3. The normalized spacial score (nSPS) is 19.8. The highest BCUT2D eigenvalue weighted by atomic mass is 16.2. The molecular formula is C11H10N2O3. The van der Waals surface area contributed by atoms with Crippen LogP contribution in [0, 0.1) is 0 Å². The molecule has 0 radical (unpaired) electrons. The Labute approximate surface area is 92.0 Å². The summed E-state index contributed by atoms with van der Waals surface area (Å²) >= 11 is 0. The minimum absolute atomic E-state index is 0.524. The molecule has 1 saturated heterocycles. The van der Waals surface area contributed by atoms with Crippen molar-refractivity contribution in [1.29, 1.82) is 0 Å². The Bertz CT molecular complexity index is 456. The number of benzene rings is 1. The van der Waals surface area contributed by atoms with Crippen molar-refractivity contribution in [2.75, 3.05) is 0 Å². The summed E-state index contributed by atoms with van der Waals surface area (Å²) in [6.07, 6.45) is 0. The van der Waals surface area contributed by atoms with E-state index >= 15 is 0 Å². The molecule has 2 rings (SSSR count). The topological polar surface area (TPSA) is 66.5 Å². The number of carbonyl (C=O) groups is 3. The average Bonchev–Trinajstić information content (AvgIpc) is 2.55. The molecule has 0 aromatic heterocycles. The zero-order chi connectivity index (χ0) is 11.7. The summed E-state index contributed by atoms with van der Waals surface area (Å²) in [5, 5.41) is 2.47. The van der Waals surface area contributed by atoms with E-state index in [0.717, 1.165) is 0 Å². The largest absolute Gasteiger partial charge is 0.332 e. The fourth-order valence-electron chi connectivity index (χ4n) is 1.65. The smallest absolute Gasteiger partial charge is 0.321 e. The maximum atomic E-state index is 11.8. The first-order valence-corrected chi connectivity index (χ1v) is 4.81. The molecule has 1 heterocycles. The van der Waals surface area contributed by atoms with Gasteiger partial charge in [0.25, 0.3) is 5.91 Å². The SMILES string of the molecule is CC(=O)N1C(=O)NC(c2ccccc2)C1=O. The summed E-state index contributed by atoms with van der Waals surface area (Å²) in [5.74, 6) is -1.09. The van der Waals surface area contributed by atoms with Gasteiger partial charge in [0.05, 0.1) is 0 Å². The number of urea groups is 1. The Balaban J connectivity index is 2.31. The lowest BCUT2D eigenvalue weighted by Gasteiger charge is -2.08. The van der Waals surface area contributed by atoms with Crippen LogP contribution in [0.1, 0.15) is 18.5 Å². The van der Waals surface area contributed by atoms with Crippen molar-refractivity contribution in [3.05, 3.63) is 35.9 Å². The highest BCUT2D eigenvalue weighted by molar-refractivity contribution is 6.16. The first-order chi connectivity index (χ1) is 7.61. The van der Waals surface area contributed by atoms with Gasteiger partial charge in [0.15, 0.2) is 0 Å². The van der Waals surface area contributed by atoms with Crippen LogP contribution in [0.15, 0.2) is 30.3 Å². The van der Waals surface area contributed by atoms with Crippen molar-refractivity contribution in [2.24, 2.45) is 0 Å². The van der Waals surface area contributed by atoms with Crippen molar-refractivity contribution in [1.82, 2.24) is 10.2 Å². The van der Waals surface area contributed by atoms with Gasteiger partial charge in [-0.05, 0) is 5.56 Å². The van der Waals surface area contributed by atoms with Crippen LogP contribution in [0.25, 0.3) is 0 Å². The summed E-state index contributed by atoms with van der Waals surface area (Å²) in [6, 6.07) is 7.40. The van der Waals surface area contributed by atoms with Crippen LogP contribution < -0.4 is 5.32 Å². The number of nitrogens with zero attached hydrogens (tertiary/aromatic N) is 1. The summed E-state index contributed by atoms with van der Waals surface area (Å²) in [6.45, 7) is 1.19. The maximum Gasteiger partial charge on any atom is 0.332 e. The Morgan fingerprint density at radius 3 is 2.38 bits per heavy atom.